The van der Waals surface area contributed by atoms with Crippen molar-refractivity contribution in [1.82, 2.24) is 9.55 Å². The van der Waals surface area contributed by atoms with Crippen molar-refractivity contribution in [2.24, 2.45) is 17.3 Å². The van der Waals surface area contributed by atoms with Crippen LogP contribution in [0.2, 0.25) is 0 Å². The molecule has 3 aromatic heterocycles. The zero-order valence-corrected chi connectivity index (χ0v) is 23.9. The lowest BCUT2D eigenvalue weighted by molar-refractivity contribution is -0.116. The van der Waals surface area contributed by atoms with E-state index in [0.29, 0.717) is 27.8 Å². The van der Waals surface area contributed by atoms with Crippen molar-refractivity contribution in [3.05, 3.63) is 43.1 Å². The molecule has 2 aliphatic carbocycles. The number of carbonyl (C=O) groups excluding carboxylic acids is 2. The third-order valence-corrected chi connectivity index (χ3v) is 10.2. The van der Waals surface area contributed by atoms with Gasteiger partial charge in [0.05, 0.1) is 23.9 Å². The van der Waals surface area contributed by atoms with Crippen LogP contribution in [-0.2, 0) is 41.8 Å². The molecule has 9 heteroatoms. The highest BCUT2D eigenvalue weighted by Gasteiger charge is 2.32. The average Bonchev–Trinajstić information content (AvgIpc) is 3.37. The highest BCUT2D eigenvalue weighted by Crippen LogP contribution is 2.42. The molecule has 0 fully saturated rings. The second-order valence-corrected chi connectivity index (χ2v) is 13.7. The molecule has 1 N–H and O–H groups in total. The van der Waals surface area contributed by atoms with Gasteiger partial charge in [-0.2, -0.15) is 0 Å². The number of aryl methyl sites for hydroxylation is 1. The molecule has 2 aliphatic rings. The lowest BCUT2D eigenvalue weighted by atomic mass is 9.72. The third kappa shape index (κ3) is 5.00. The molecule has 0 saturated carbocycles. The maximum Gasteiger partial charge on any atom is 0.341 e. The van der Waals surface area contributed by atoms with E-state index in [1.807, 2.05) is 0 Å². The Hall–Kier alpha value is -2.52. The minimum Gasteiger partial charge on any atom is -0.462 e. The summed E-state index contributed by atoms with van der Waals surface area (Å²) in [5.41, 5.74) is 2.63. The fourth-order valence-electron chi connectivity index (χ4n) is 5.63. The van der Waals surface area contributed by atoms with Gasteiger partial charge in [0, 0.05) is 9.75 Å². The maximum absolute atomic E-state index is 13.5. The predicted octanol–water partition coefficient (Wildman–Crippen LogP) is 5.61. The number of rotatable bonds is 5. The number of anilines is 1. The van der Waals surface area contributed by atoms with Crippen LogP contribution in [0.5, 0.6) is 0 Å². The smallest absolute Gasteiger partial charge is 0.341 e. The van der Waals surface area contributed by atoms with Crippen molar-refractivity contribution in [2.45, 2.75) is 79.7 Å². The lowest BCUT2D eigenvalue weighted by Gasteiger charge is -2.33. The second-order valence-electron chi connectivity index (χ2n) is 11.5. The van der Waals surface area contributed by atoms with Gasteiger partial charge in [0.1, 0.15) is 16.4 Å². The summed E-state index contributed by atoms with van der Waals surface area (Å²) in [5, 5.41) is 4.10. The number of nitrogens with one attached hydrogen (secondary N) is 1. The van der Waals surface area contributed by atoms with Gasteiger partial charge < -0.3 is 10.1 Å². The van der Waals surface area contributed by atoms with Crippen molar-refractivity contribution in [3.63, 3.8) is 0 Å². The van der Waals surface area contributed by atoms with Crippen LogP contribution in [0.4, 0.5) is 5.00 Å². The number of aromatic nitrogens is 2. The first-order chi connectivity index (χ1) is 17.6. The lowest BCUT2D eigenvalue weighted by Crippen LogP contribution is -2.29. The minimum absolute atomic E-state index is 0.155. The Morgan fingerprint density at radius 3 is 2.59 bits per heavy atom. The summed E-state index contributed by atoms with van der Waals surface area (Å²) in [5.74, 6) is 0.367. The molecule has 2 unspecified atom stereocenters. The summed E-state index contributed by atoms with van der Waals surface area (Å²) in [6.07, 6.45) is 7.06. The largest absolute Gasteiger partial charge is 0.462 e. The second kappa shape index (κ2) is 9.98. The third-order valence-electron chi connectivity index (χ3n) is 7.82. The monoisotopic (exact) mass is 541 g/mol. The van der Waals surface area contributed by atoms with E-state index in [1.165, 1.54) is 27.1 Å². The molecular weight excluding hydrogens is 506 g/mol. The molecule has 0 radical (unpaired) electrons. The number of amides is 1. The van der Waals surface area contributed by atoms with E-state index in [-0.39, 0.29) is 30.0 Å². The minimum atomic E-state index is -0.399. The van der Waals surface area contributed by atoms with E-state index in [4.69, 9.17) is 4.74 Å². The number of hydrogen-bond donors (Lipinski definition) is 1. The molecule has 1 amide bonds. The van der Waals surface area contributed by atoms with Gasteiger partial charge in [-0.3, -0.25) is 14.2 Å². The molecule has 198 valence electrons. The number of carbonyl (C=O) groups is 2. The van der Waals surface area contributed by atoms with Crippen LogP contribution in [0.25, 0.3) is 10.2 Å². The first-order valence-electron chi connectivity index (χ1n) is 13.2. The summed E-state index contributed by atoms with van der Waals surface area (Å²) < 4.78 is 6.70. The van der Waals surface area contributed by atoms with E-state index in [0.717, 1.165) is 59.4 Å². The molecule has 0 saturated heterocycles. The predicted molar refractivity (Wildman–Crippen MR) is 149 cm³/mol. The van der Waals surface area contributed by atoms with Crippen molar-refractivity contribution < 1.29 is 14.3 Å². The number of thiophene rings is 2. The highest BCUT2D eigenvalue weighted by atomic mass is 32.1. The number of esters is 1. The summed E-state index contributed by atoms with van der Waals surface area (Å²) >= 11 is 3.07. The Bertz CT molecular complexity index is 1430. The maximum atomic E-state index is 13.5. The van der Waals surface area contributed by atoms with Crippen LogP contribution < -0.4 is 10.9 Å². The topological polar surface area (TPSA) is 90.3 Å². The number of nitrogens with zero attached hydrogens (tertiary/aromatic N) is 2. The fourth-order valence-corrected chi connectivity index (χ4v) is 8.30. The quantitative estimate of drug-likeness (QED) is 0.424. The molecule has 0 aromatic carbocycles. The van der Waals surface area contributed by atoms with Gasteiger partial charge in [0.2, 0.25) is 5.91 Å². The van der Waals surface area contributed by atoms with E-state index in [1.54, 1.807) is 18.3 Å². The molecule has 3 aromatic rings. The molecule has 3 heterocycles. The van der Waals surface area contributed by atoms with E-state index >= 15 is 0 Å². The molecule has 0 bridgehead atoms. The Balaban J connectivity index is 1.40. The molecule has 37 heavy (non-hydrogen) atoms. The first kappa shape index (κ1) is 26.1. The summed E-state index contributed by atoms with van der Waals surface area (Å²) in [6, 6.07) is 0. The number of ether oxygens (including phenoxy) is 1. The Morgan fingerprint density at radius 2 is 1.86 bits per heavy atom. The van der Waals surface area contributed by atoms with Gasteiger partial charge in [-0.1, -0.05) is 27.7 Å². The van der Waals surface area contributed by atoms with Crippen molar-refractivity contribution in [3.8, 4) is 0 Å². The summed E-state index contributed by atoms with van der Waals surface area (Å²) in [4.78, 5) is 47.1. The van der Waals surface area contributed by atoms with Crippen LogP contribution in [0.15, 0.2) is 11.1 Å². The van der Waals surface area contributed by atoms with Crippen LogP contribution in [-0.4, -0.2) is 28.0 Å². The van der Waals surface area contributed by atoms with Gasteiger partial charge in [0.25, 0.3) is 5.56 Å². The van der Waals surface area contributed by atoms with Crippen LogP contribution in [0, 0.1) is 17.3 Å². The van der Waals surface area contributed by atoms with E-state index in [2.05, 4.69) is 38.0 Å². The summed E-state index contributed by atoms with van der Waals surface area (Å²) in [7, 11) is 0. The standard InChI is InChI=1S/C28H35N3O4S2/c1-6-35-27(34)23-18-9-7-15(2)11-19(18)37-25(23)30-21(32)13-31-14-29-24-22(26(31)33)17-10-8-16(28(3,4)5)12-20(17)36-24/h14-16H,6-13H2,1-5H3,(H,30,32). The van der Waals surface area contributed by atoms with Crippen molar-refractivity contribution in [1.29, 1.82) is 0 Å². The van der Waals surface area contributed by atoms with Gasteiger partial charge in [-0.05, 0) is 73.8 Å². The van der Waals surface area contributed by atoms with Gasteiger partial charge in [-0.15, -0.1) is 22.7 Å². The zero-order valence-electron chi connectivity index (χ0n) is 22.2. The summed E-state index contributed by atoms with van der Waals surface area (Å²) in [6.45, 7) is 10.9. The molecule has 0 aliphatic heterocycles. The Morgan fingerprint density at radius 1 is 1.14 bits per heavy atom. The molecule has 0 spiro atoms. The van der Waals surface area contributed by atoms with Crippen molar-refractivity contribution in [2.75, 3.05) is 11.9 Å². The first-order valence-corrected chi connectivity index (χ1v) is 14.8. The normalized spacial score (nSPS) is 19.4. The van der Waals surface area contributed by atoms with Gasteiger partial charge >= 0.3 is 5.97 Å². The number of hydrogen-bond acceptors (Lipinski definition) is 7. The Kier molecular flexibility index (Phi) is 7.04. The van der Waals surface area contributed by atoms with E-state index < -0.39 is 5.97 Å². The van der Waals surface area contributed by atoms with Crippen molar-refractivity contribution >= 4 is 49.8 Å². The molecular formula is C28H35N3O4S2. The van der Waals surface area contributed by atoms with Crippen LogP contribution in [0.3, 0.4) is 0 Å². The average molecular weight is 542 g/mol. The Labute approximate surface area is 225 Å². The molecule has 2 atom stereocenters. The van der Waals surface area contributed by atoms with Gasteiger partial charge in [0.15, 0.2) is 0 Å². The zero-order chi connectivity index (χ0) is 26.5. The van der Waals surface area contributed by atoms with Crippen LogP contribution >= 0.6 is 22.7 Å². The highest BCUT2D eigenvalue weighted by molar-refractivity contribution is 7.18. The van der Waals surface area contributed by atoms with Crippen LogP contribution in [0.1, 0.15) is 78.7 Å². The fraction of sp³-hybridized carbons (Fsp3) is 0.571. The molecule has 5 rings (SSSR count). The molecule has 7 nitrogen and oxygen atoms in total. The van der Waals surface area contributed by atoms with E-state index in [9.17, 15) is 14.4 Å². The SMILES string of the molecule is CCOC(=O)c1c(NC(=O)Cn2cnc3sc4c(c3c2=O)CCC(C(C)(C)C)C4)sc2c1CCC(C)C2. The van der Waals surface area contributed by atoms with Gasteiger partial charge in [-0.25, -0.2) is 9.78 Å². The number of fused-ring (bicyclic) bond motifs is 4.